The van der Waals surface area contributed by atoms with Crippen LogP contribution >= 0.6 is 11.8 Å². The second-order valence-corrected chi connectivity index (χ2v) is 16.6. The number of amides is 2. The molecule has 0 saturated carbocycles. The lowest BCUT2D eigenvalue weighted by atomic mass is 9.71. The number of aryl methyl sites for hydroxylation is 1. The van der Waals surface area contributed by atoms with Gasteiger partial charge in [0.2, 0.25) is 18.6 Å². The molecule has 0 radical (unpaired) electrons. The zero-order valence-electron chi connectivity index (χ0n) is 32.6. The Morgan fingerprint density at radius 1 is 1.09 bits per heavy atom. The molecule has 0 spiro atoms. The van der Waals surface area contributed by atoms with Crippen LogP contribution in [0.2, 0.25) is 0 Å². The van der Waals surface area contributed by atoms with Gasteiger partial charge in [0, 0.05) is 47.0 Å². The fraction of sp³-hybridized carbons (Fsp3) is 0.564. The van der Waals surface area contributed by atoms with Gasteiger partial charge >= 0.3 is 11.9 Å². The third kappa shape index (κ3) is 6.27. The van der Waals surface area contributed by atoms with Crippen molar-refractivity contribution in [3.05, 3.63) is 39.4 Å². The van der Waals surface area contributed by atoms with E-state index < -0.39 is 71.3 Å². The number of phenols is 1. The smallest absolute Gasteiger partial charge is 0.329 e. The van der Waals surface area contributed by atoms with Crippen LogP contribution in [0.1, 0.15) is 78.4 Å². The number of methoxy groups -OCH3 is 1. The van der Waals surface area contributed by atoms with Gasteiger partial charge in [-0.3, -0.25) is 24.2 Å². The van der Waals surface area contributed by atoms with Gasteiger partial charge in [0.1, 0.15) is 30.5 Å². The Kier molecular flexibility index (Phi) is 10.5. The van der Waals surface area contributed by atoms with Gasteiger partial charge in [-0.05, 0) is 51.3 Å². The number of carbonyl (C=O) groups is 4. The molecule has 7 rings (SSSR count). The molecule has 17 heteroatoms. The van der Waals surface area contributed by atoms with Crippen molar-refractivity contribution in [1.29, 1.82) is 5.26 Å². The number of hydrogen-bond acceptors (Lipinski definition) is 15. The minimum Gasteiger partial charge on any atom is -0.504 e. The summed E-state index contributed by atoms with van der Waals surface area (Å²) in [6.45, 7) is 9.65. The molecule has 4 bridgehead atoms. The van der Waals surface area contributed by atoms with Crippen molar-refractivity contribution in [2.24, 2.45) is 11.7 Å². The Morgan fingerprint density at radius 3 is 2.45 bits per heavy atom. The number of carbonyl (C=O) groups excluding carboxylic acids is 4. The lowest BCUT2D eigenvalue weighted by molar-refractivity contribution is -0.153. The molecule has 16 nitrogen and oxygen atoms in total. The van der Waals surface area contributed by atoms with Gasteiger partial charge in [0.05, 0.1) is 36.6 Å². The van der Waals surface area contributed by atoms with Crippen molar-refractivity contribution < 1.29 is 48.0 Å². The van der Waals surface area contributed by atoms with Gasteiger partial charge in [0.25, 0.3) is 0 Å². The molecule has 2 amide bonds. The minimum absolute atomic E-state index is 0.00133. The first kappa shape index (κ1) is 39.5. The molecule has 5 N–H and O–H groups in total. The highest BCUT2D eigenvalue weighted by atomic mass is 32.2. The van der Waals surface area contributed by atoms with E-state index in [1.807, 2.05) is 20.0 Å². The fourth-order valence-electron chi connectivity index (χ4n) is 9.15. The molecule has 5 heterocycles. The first-order chi connectivity index (χ1) is 26.6. The van der Waals surface area contributed by atoms with E-state index in [4.69, 9.17) is 29.4 Å². The van der Waals surface area contributed by atoms with Crippen LogP contribution in [-0.2, 0) is 30.3 Å². The van der Waals surface area contributed by atoms with Gasteiger partial charge in [-0.15, -0.1) is 11.8 Å². The van der Waals surface area contributed by atoms with E-state index in [2.05, 4.69) is 26.5 Å². The number of ether oxygens (including phenoxy) is 5. The van der Waals surface area contributed by atoms with E-state index in [9.17, 15) is 29.5 Å². The third-order valence-corrected chi connectivity index (χ3v) is 13.0. The first-order valence-corrected chi connectivity index (χ1v) is 19.7. The summed E-state index contributed by atoms with van der Waals surface area (Å²) in [5.74, 6) is -1.32. The monoisotopic (exact) mass is 792 g/mol. The predicted octanol–water partition coefficient (Wildman–Crippen LogP) is 2.20. The van der Waals surface area contributed by atoms with Crippen LogP contribution in [0, 0.1) is 31.1 Å². The topological polar surface area (TPSA) is 215 Å². The van der Waals surface area contributed by atoms with Crippen LogP contribution < -0.4 is 35.3 Å². The van der Waals surface area contributed by atoms with E-state index in [1.54, 1.807) is 20.8 Å². The van der Waals surface area contributed by atoms with Gasteiger partial charge in [-0.1, -0.05) is 19.9 Å². The number of nitriles is 1. The SMILES string of the molecule is COc1c(C)cc2c(c1O)[C@@H]1C3[C@@H]4SCC(NC(=O)C(NC(=O)C(C)N)C(C)C)C(=O)OC[C@@H](c5c6c(c(C)c(OC(C)=O)c54)OCO6)N3[C@@H](C#N)[C@H](C2)N1C. The number of thioether (sulfide) groups is 1. The quantitative estimate of drug-likeness (QED) is 0.234. The van der Waals surface area contributed by atoms with Crippen LogP contribution in [-0.4, -0.2) is 108 Å². The van der Waals surface area contributed by atoms with E-state index in [1.165, 1.54) is 32.7 Å². The second kappa shape index (κ2) is 15.0. The van der Waals surface area contributed by atoms with E-state index in [-0.39, 0.29) is 42.6 Å². The van der Waals surface area contributed by atoms with Gasteiger partial charge < -0.3 is 45.2 Å². The molecule has 0 aromatic heterocycles. The number of hydrogen-bond donors (Lipinski definition) is 4. The van der Waals surface area contributed by atoms with Crippen molar-refractivity contribution in [3.63, 3.8) is 0 Å². The van der Waals surface area contributed by atoms with Crippen molar-refractivity contribution in [1.82, 2.24) is 20.4 Å². The molecule has 0 aliphatic carbocycles. The third-order valence-electron chi connectivity index (χ3n) is 11.6. The van der Waals surface area contributed by atoms with Gasteiger partial charge in [-0.2, -0.15) is 5.26 Å². The van der Waals surface area contributed by atoms with E-state index in [0.717, 1.165) is 11.1 Å². The number of nitrogens with zero attached hydrogens (tertiary/aromatic N) is 3. The molecule has 2 aromatic rings. The van der Waals surface area contributed by atoms with Crippen LogP contribution in [0.3, 0.4) is 0 Å². The summed E-state index contributed by atoms with van der Waals surface area (Å²) in [5, 5.41) is 27.9. The number of nitrogens with two attached hydrogens (primary N) is 1. The average molecular weight is 793 g/mol. The predicted molar refractivity (Wildman–Crippen MR) is 202 cm³/mol. The zero-order chi connectivity index (χ0) is 40.5. The Bertz CT molecular complexity index is 2040. The Labute approximate surface area is 329 Å². The number of rotatable bonds is 7. The highest BCUT2D eigenvalue weighted by Crippen LogP contribution is 2.64. The largest absolute Gasteiger partial charge is 0.504 e. The number of likely N-dealkylation sites (N-methyl/N-ethyl adjacent to an activating group) is 1. The number of fused-ring (bicyclic) bond motifs is 9. The number of esters is 2. The van der Waals surface area contributed by atoms with Crippen LogP contribution in [0.5, 0.6) is 28.7 Å². The summed E-state index contributed by atoms with van der Waals surface area (Å²) in [5.41, 5.74) is 9.81. The number of aromatic hydroxyl groups is 1. The molecule has 2 aromatic carbocycles. The van der Waals surface area contributed by atoms with E-state index in [0.29, 0.717) is 45.9 Å². The highest BCUT2D eigenvalue weighted by molar-refractivity contribution is 7.99. The summed E-state index contributed by atoms with van der Waals surface area (Å²) < 4.78 is 29.9. The standard InChI is InChI=1S/C39H48N6O10S/c1-15(2)28(43-37(48)18(5)41)38(49)42-21-13-56-36-27-26(35-34(53-14-54-35)17(4)33(27)55-19(6)46)24(12-52-39(21)50)45-23(11-40)22-10-20-9-16(3)32(51-8)31(47)25(20)29(30(36)45)44(22)7/h9,15,18,21-24,28-30,36,47H,10,12-14,41H2,1-8H3,(H,42,49)(H,43,48)/t18?,21?,22-,23-,24-,28?,29+,30?,36+/m0/s1. The molecule has 4 unspecified atom stereocenters. The van der Waals surface area contributed by atoms with Crippen LogP contribution in [0.25, 0.3) is 0 Å². The summed E-state index contributed by atoms with van der Waals surface area (Å²) in [6, 6.07) is -1.45. The normalized spacial score (nSPS) is 27.4. The van der Waals surface area contributed by atoms with Crippen LogP contribution in [0.4, 0.5) is 0 Å². The highest BCUT2D eigenvalue weighted by Gasteiger charge is 2.61. The van der Waals surface area contributed by atoms with Crippen molar-refractivity contribution in [2.75, 3.05) is 33.3 Å². The molecule has 300 valence electrons. The molecule has 5 aliphatic heterocycles. The van der Waals surface area contributed by atoms with Gasteiger partial charge in [0.15, 0.2) is 23.0 Å². The van der Waals surface area contributed by atoms with Crippen molar-refractivity contribution in [2.45, 2.75) is 102 Å². The maximum atomic E-state index is 14.0. The van der Waals surface area contributed by atoms with Crippen LogP contribution in [0.15, 0.2) is 6.07 Å². The summed E-state index contributed by atoms with van der Waals surface area (Å²) in [7, 11) is 3.44. The lowest BCUT2D eigenvalue weighted by Crippen LogP contribution is -2.69. The second-order valence-electron chi connectivity index (χ2n) is 15.5. The first-order valence-electron chi connectivity index (χ1n) is 18.7. The number of benzene rings is 2. The maximum Gasteiger partial charge on any atom is 0.329 e. The van der Waals surface area contributed by atoms with Gasteiger partial charge in [-0.25, -0.2) is 4.79 Å². The molecule has 9 atom stereocenters. The Balaban J connectivity index is 1.43. The average Bonchev–Trinajstić information content (AvgIpc) is 3.63. The summed E-state index contributed by atoms with van der Waals surface area (Å²) >= 11 is 1.33. The number of phenolic OH excluding ortho intramolecular Hbond substituents is 1. The molecule has 5 aliphatic rings. The number of cyclic esters (lactones) is 1. The Hall–Kier alpha value is -4.76. The minimum atomic E-state index is -1.17. The number of piperazine rings is 1. The number of nitrogens with one attached hydrogen (secondary N) is 2. The summed E-state index contributed by atoms with van der Waals surface area (Å²) in [6.07, 6.45) is 0.453. The zero-order valence-corrected chi connectivity index (χ0v) is 33.4. The lowest BCUT2D eigenvalue weighted by Gasteiger charge is -2.61. The maximum absolute atomic E-state index is 14.0. The Morgan fingerprint density at radius 2 is 1.80 bits per heavy atom. The summed E-state index contributed by atoms with van der Waals surface area (Å²) in [4.78, 5) is 57.4. The molecule has 2 fully saturated rings. The molecular weight excluding hydrogens is 745 g/mol. The molecular formula is C39H48N6O10S. The van der Waals surface area contributed by atoms with Crippen molar-refractivity contribution >= 4 is 35.5 Å². The molecule has 56 heavy (non-hydrogen) atoms. The van der Waals surface area contributed by atoms with E-state index >= 15 is 0 Å². The molecule has 2 saturated heterocycles. The van der Waals surface area contributed by atoms with Crippen molar-refractivity contribution in [3.8, 4) is 34.8 Å². The fourth-order valence-corrected chi connectivity index (χ4v) is 10.7.